The first-order valence-electron chi connectivity index (χ1n) is 8.08. The van der Waals surface area contributed by atoms with Crippen molar-refractivity contribution in [3.8, 4) is 0 Å². The molecule has 1 aliphatic heterocycles. The zero-order chi connectivity index (χ0) is 18.8. The molecule has 1 saturated heterocycles. The number of esters is 1. The molecule has 0 N–H and O–H groups in total. The van der Waals surface area contributed by atoms with Crippen molar-refractivity contribution in [3.63, 3.8) is 0 Å². The second-order valence-electron chi connectivity index (χ2n) is 7.37. The highest BCUT2D eigenvalue weighted by Gasteiger charge is 2.46. The van der Waals surface area contributed by atoms with Gasteiger partial charge in [0.15, 0.2) is 0 Å². The number of carbonyl (C=O) groups excluding carboxylic acids is 2. The number of carbonyl (C=O) groups is 2. The Bertz CT molecular complexity index is 636. The van der Waals surface area contributed by atoms with Crippen molar-refractivity contribution in [1.82, 2.24) is 4.90 Å². The number of nitrogens with zero attached hydrogens (tertiary/aromatic N) is 1. The third-order valence-corrected chi connectivity index (χ3v) is 4.18. The zero-order valence-electron chi connectivity index (χ0n) is 15.2. The van der Waals surface area contributed by atoms with Crippen LogP contribution in [0.5, 0.6) is 0 Å². The fourth-order valence-electron chi connectivity index (χ4n) is 2.53. The van der Waals surface area contributed by atoms with Gasteiger partial charge >= 0.3 is 12.1 Å². The van der Waals surface area contributed by atoms with Gasteiger partial charge in [-0.2, -0.15) is 0 Å². The smallest absolute Gasteiger partial charge is 0.413 e. The molecule has 1 aromatic rings. The molecule has 0 unspecified atom stereocenters. The van der Waals surface area contributed by atoms with Gasteiger partial charge in [-0.15, -0.1) is 0 Å². The van der Waals surface area contributed by atoms with E-state index < -0.39 is 29.4 Å². The third kappa shape index (κ3) is 5.19. The fourth-order valence-corrected chi connectivity index (χ4v) is 2.79. The monoisotopic (exact) mass is 413 g/mol. The Morgan fingerprint density at radius 1 is 1.28 bits per heavy atom. The van der Waals surface area contributed by atoms with E-state index in [4.69, 9.17) is 14.2 Å². The molecule has 0 saturated carbocycles. The first kappa shape index (κ1) is 19.7. The van der Waals surface area contributed by atoms with E-state index in [9.17, 15) is 9.59 Å². The van der Waals surface area contributed by atoms with Gasteiger partial charge in [0.2, 0.25) is 0 Å². The summed E-state index contributed by atoms with van der Waals surface area (Å²) in [6.45, 7) is 9.30. The number of hydrogen-bond donors (Lipinski definition) is 0. The molecule has 0 radical (unpaired) electrons. The van der Waals surface area contributed by atoms with E-state index in [0.717, 1.165) is 4.47 Å². The Morgan fingerprint density at radius 2 is 1.88 bits per heavy atom. The first-order chi connectivity index (χ1) is 11.5. The lowest BCUT2D eigenvalue weighted by atomic mass is 10.2. The van der Waals surface area contributed by atoms with Crippen molar-refractivity contribution in [3.05, 3.63) is 34.3 Å². The number of halogens is 1. The normalized spacial score (nSPS) is 19.6. The van der Waals surface area contributed by atoms with Crippen LogP contribution in [0.2, 0.25) is 0 Å². The average Bonchev–Trinajstić information content (AvgIpc) is 2.78. The van der Waals surface area contributed by atoms with Crippen LogP contribution >= 0.6 is 15.9 Å². The van der Waals surface area contributed by atoms with Crippen LogP contribution in [0.15, 0.2) is 28.7 Å². The van der Waals surface area contributed by atoms with Crippen LogP contribution in [-0.2, 0) is 14.2 Å². The van der Waals surface area contributed by atoms with Gasteiger partial charge in [-0.25, -0.2) is 9.59 Å². The predicted molar refractivity (Wildman–Crippen MR) is 96.3 cm³/mol. The van der Waals surface area contributed by atoms with E-state index in [2.05, 4.69) is 15.9 Å². The highest BCUT2D eigenvalue weighted by Crippen LogP contribution is 2.29. The highest BCUT2D eigenvalue weighted by atomic mass is 79.9. The van der Waals surface area contributed by atoms with Gasteiger partial charge in [-0.05, 0) is 58.9 Å². The molecule has 0 aliphatic carbocycles. The van der Waals surface area contributed by atoms with E-state index in [1.807, 2.05) is 0 Å². The maximum absolute atomic E-state index is 12.5. The molecular weight excluding hydrogens is 390 g/mol. The van der Waals surface area contributed by atoms with Crippen LogP contribution in [-0.4, -0.2) is 47.5 Å². The summed E-state index contributed by atoms with van der Waals surface area (Å²) in [6, 6.07) is 6.49. The predicted octanol–water partition coefficient (Wildman–Crippen LogP) is 3.98. The SMILES string of the molecule is CC(C)(C)OC(=O)N1[C@H](COC(=O)c2ccc(Br)cc2)COC1(C)C. The summed E-state index contributed by atoms with van der Waals surface area (Å²) < 4.78 is 17.4. The fraction of sp³-hybridized carbons (Fsp3) is 0.556. The molecule has 1 fully saturated rings. The van der Waals surface area contributed by atoms with E-state index in [1.165, 1.54) is 4.90 Å². The Labute approximate surface area is 156 Å². The number of benzene rings is 1. The van der Waals surface area contributed by atoms with Crippen LogP contribution < -0.4 is 0 Å². The van der Waals surface area contributed by atoms with Crippen molar-refractivity contribution in [1.29, 1.82) is 0 Å². The minimum atomic E-state index is -0.822. The van der Waals surface area contributed by atoms with E-state index in [0.29, 0.717) is 5.56 Å². The number of rotatable bonds is 3. The number of amides is 1. The molecule has 1 heterocycles. The molecule has 1 amide bonds. The van der Waals surface area contributed by atoms with Crippen LogP contribution in [0.1, 0.15) is 45.0 Å². The summed E-state index contributed by atoms with van der Waals surface area (Å²) in [6.07, 6.45) is -0.486. The molecular formula is C18H24BrNO5. The van der Waals surface area contributed by atoms with Crippen LogP contribution in [0.3, 0.4) is 0 Å². The lowest BCUT2D eigenvalue weighted by Crippen LogP contribution is -2.51. The standard InChI is InChI=1S/C18H24BrNO5/c1-17(2,3)25-16(22)20-14(11-24-18(20,4)5)10-23-15(21)12-6-8-13(19)9-7-12/h6-9,14H,10-11H2,1-5H3/t14-/m1/s1. The molecule has 25 heavy (non-hydrogen) atoms. The highest BCUT2D eigenvalue weighted by molar-refractivity contribution is 9.10. The molecule has 0 spiro atoms. The summed E-state index contributed by atoms with van der Waals surface area (Å²) in [5.74, 6) is -0.443. The Hall–Kier alpha value is -1.60. The summed E-state index contributed by atoms with van der Waals surface area (Å²) in [5.41, 5.74) is -0.990. The summed E-state index contributed by atoms with van der Waals surface area (Å²) >= 11 is 3.32. The van der Waals surface area contributed by atoms with Gasteiger partial charge in [0.1, 0.15) is 17.9 Å². The quantitative estimate of drug-likeness (QED) is 0.701. The van der Waals surface area contributed by atoms with Crippen molar-refractivity contribution in [2.24, 2.45) is 0 Å². The molecule has 0 bridgehead atoms. The second-order valence-corrected chi connectivity index (χ2v) is 8.28. The lowest BCUT2D eigenvalue weighted by molar-refractivity contribution is -0.0647. The van der Waals surface area contributed by atoms with E-state index in [1.54, 1.807) is 58.9 Å². The average molecular weight is 414 g/mol. The van der Waals surface area contributed by atoms with Crippen LogP contribution in [0, 0.1) is 0 Å². The van der Waals surface area contributed by atoms with Gasteiger partial charge in [0, 0.05) is 4.47 Å². The van der Waals surface area contributed by atoms with Crippen LogP contribution in [0.4, 0.5) is 4.79 Å². The largest absolute Gasteiger partial charge is 0.460 e. The third-order valence-electron chi connectivity index (χ3n) is 3.65. The molecule has 7 heteroatoms. The van der Waals surface area contributed by atoms with Gasteiger partial charge in [0.25, 0.3) is 0 Å². The minimum absolute atomic E-state index is 0.0393. The van der Waals surface area contributed by atoms with Gasteiger partial charge in [-0.1, -0.05) is 15.9 Å². The van der Waals surface area contributed by atoms with Gasteiger partial charge in [-0.3, -0.25) is 4.90 Å². The van der Waals surface area contributed by atoms with Crippen molar-refractivity contribution in [2.75, 3.05) is 13.2 Å². The number of ether oxygens (including phenoxy) is 3. The lowest BCUT2D eigenvalue weighted by Gasteiger charge is -2.34. The minimum Gasteiger partial charge on any atom is -0.460 e. The second kappa shape index (κ2) is 7.33. The van der Waals surface area contributed by atoms with E-state index in [-0.39, 0.29) is 13.2 Å². The maximum Gasteiger partial charge on any atom is 0.413 e. The summed E-state index contributed by atoms with van der Waals surface area (Å²) in [4.78, 5) is 26.2. The maximum atomic E-state index is 12.5. The molecule has 1 aromatic carbocycles. The topological polar surface area (TPSA) is 65.1 Å². The molecule has 6 nitrogen and oxygen atoms in total. The molecule has 1 aliphatic rings. The van der Waals surface area contributed by atoms with E-state index >= 15 is 0 Å². The molecule has 1 atom stereocenters. The van der Waals surface area contributed by atoms with Crippen molar-refractivity contribution >= 4 is 28.0 Å². The Morgan fingerprint density at radius 3 is 2.44 bits per heavy atom. The summed E-state index contributed by atoms with van der Waals surface area (Å²) in [5, 5.41) is 0. The summed E-state index contributed by atoms with van der Waals surface area (Å²) in [7, 11) is 0. The first-order valence-corrected chi connectivity index (χ1v) is 8.88. The number of hydrogen-bond acceptors (Lipinski definition) is 5. The molecule has 2 rings (SSSR count). The van der Waals surface area contributed by atoms with Gasteiger partial charge in [0.05, 0.1) is 18.2 Å². The van der Waals surface area contributed by atoms with Crippen molar-refractivity contribution in [2.45, 2.75) is 52.0 Å². The Kier molecular flexibility index (Phi) is 5.79. The zero-order valence-corrected chi connectivity index (χ0v) is 16.8. The van der Waals surface area contributed by atoms with Crippen LogP contribution in [0.25, 0.3) is 0 Å². The molecule has 138 valence electrons. The Balaban J connectivity index is 2.03. The van der Waals surface area contributed by atoms with Crippen molar-refractivity contribution < 1.29 is 23.8 Å². The molecule has 0 aromatic heterocycles. The van der Waals surface area contributed by atoms with Gasteiger partial charge < -0.3 is 14.2 Å².